The van der Waals surface area contributed by atoms with E-state index in [9.17, 15) is 9.59 Å². The molecule has 0 spiro atoms. The minimum atomic E-state index is -0.521. The molecule has 37 heavy (non-hydrogen) atoms. The average Bonchev–Trinajstić information content (AvgIpc) is 2.94. The Kier molecular flexibility index (Phi) is 7.68. The largest absolute Gasteiger partial charge is 0.366 e. The third-order valence-corrected chi connectivity index (χ3v) is 7.39. The normalized spacial score (nSPS) is 21.8. The van der Waals surface area contributed by atoms with E-state index in [4.69, 9.17) is 4.74 Å². The van der Waals surface area contributed by atoms with Gasteiger partial charge < -0.3 is 14.5 Å². The lowest BCUT2D eigenvalue weighted by molar-refractivity contribution is -0.136. The van der Waals surface area contributed by atoms with E-state index in [1.165, 1.54) is 5.56 Å². The van der Waals surface area contributed by atoms with E-state index in [1.54, 1.807) is 0 Å². The molecule has 5 rings (SSSR count). The summed E-state index contributed by atoms with van der Waals surface area (Å²) < 4.78 is 6.03. The van der Waals surface area contributed by atoms with Gasteiger partial charge in [-0.2, -0.15) is 0 Å². The third-order valence-electron chi connectivity index (χ3n) is 7.39. The van der Waals surface area contributed by atoms with Crippen LogP contribution in [-0.4, -0.2) is 48.6 Å². The van der Waals surface area contributed by atoms with Gasteiger partial charge in [0.25, 0.3) is 5.91 Å². The standard InChI is InChI=1S/C31H35N3O3/c1-3-30(35)34(25-14-8-5-9-15-25)28-20-23(2)33(27-17-11-10-16-26(27)28)31(36)29-22-32(18-19-37-29)21-24-12-6-4-7-13-24/h4-17,23,28-29H,3,18-22H2,1-2H3. The first-order valence-electron chi connectivity index (χ1n) is 13.2. The predicted molar refractivity (Wildman–Crippen MR) is 146 cm³/mol. The number of para-hydroxylation sites is 2. The molecule has 1 fully saturated rings. The Morgan fingerprint density at radius 2 is 1.62 bits per heavy atom. The first-order valence-corrected chi connectivity index (χ1v) is 13.2. The van der Waals surface area contributed by atoms with Crippen molar-refractivity contribution >= 4 is 23.2 Å². The number of fused-ring (bicyclic) bond motifs is 1. The van der Waals surface area contributed by atoms with Gasteiger partial charge in [0, 0.05) is 43.5 Å². The predicted octanol–water partition coefficient (Wildman–Crippen LogP) is 5.20. The highest BCUT2D eigenvalue weighted by Gasteiger charge is 2.41. The van der Waals surface area contributed by atoms with E-state index in [-0.39, 0.29) is 23.9 Å². The molecule has 1 saturated heterocycles. The van der Waals surface area contributed by atoms with Gasteiger partial charge in [0.05, 0.1) is 12.6 Å². The van der Waals surface area contributed by atoms with Crippen LogP contribution in [0.3, 0.4) is 0 Å². The Hall–Kier alpha value is -3.48. The smallest absolute Gasteiger partial charge is 0.257 e. The number of morpholine rings is 1. The SMILES string of the molecule is CCC(=O)N(c1ccccc1)C1CC(C)N(C(=O)C2CN(Cc3ccccc3)CCO2)c2ccccc21. The molecule has 192 valence electrons. The van der Waals surface area contributed by atoms with Crippen molar-refractivity contribution in [2.24, 2.45) is 0 Å². The van der Waals surface area contributed by atoms with E-state index in [0.717, 1.165) is 30.0 Å². The van der Waals surface area contributed by atoms with E-state index >= 15 is 0 Å². The number of anilines is 2. The Labute approximate surface area is 219 Å². The van der Waals surface area contributed by atoms with Crippen LogP contribution in [0.15, 0.2) is 84.9 Å². The zero-order chi connectivity index (χ0) is 25.8. The van der Waals surface area contributed by atoms with Crippen molar-refractivity contribution < 1.29 is 14.3 Å². The second-order valence-corrected chi connectivity index (χ2v) is 9.90. The second-order valence-electron chi connectivity index (χ2n) is 9.90. The van der Waals surface area contributed by atoms with Crippen LogP contribution >= 0.6 is 0 Å². The molecule has 3 atom stereocenters. The summed E-state index contributed by atoms with van der Waals surface area (Å²) in [4.78, 5) is 33.3. The average molecular weight is 498 g/mol. The Balaban J connectivity index is 1.41. The molecule has 0 aromatic heterocycles. The van der Waals surface area contributed by atoms with Crippen LogP contribution in [0.25, 0.3) is 0 Å². The van der Waals surface area contributed by atoms with Gasteiger partial charge in [0.15, 0.2) is 0 Å². The Morgan fingerprint density at radius 1 is 0.946 bits per heavy atom. The number of nitrogens with zero attached hydrogens (tertiary/aromatic N) is 3. The van der Waals surface area contributed by atoms with Gasteiger partial charge in [-0.1, -0.05) is 73.7 Å². The number of hydrogen-bond donors (Lipinski definition) is 0. The van der Waals surface area contributed by atoms with Gasteiger partial charge in [-0.15, -0.1) is 0 Å². The maximum absolute atomic E-state index is 14.0. The third kappa shape index (κ3) is 5.31. The Morgan fingerprint density at radius 3 is 2.35 bits per heavy atom. The first-order chi connectivity index (χ1) is 18.1. The van der Waals surface area contributed by atoms with Crippen LogP contribution in [-0.2, 0) is 20.9 Å². The number of benzene rings is 3. The molecule has 0 aliphatic carbocycles. The van der Waals surface area contributed by atoms with Crippen molar-refractivity contribution in [3.8, 4) is 0 Å². The fraction of sp³-hybridized carbons (Fsp3) is 0.355. The molecule has 2 aliphatic heterocycles. The molecule has 0 radical (unpaired) electrons. The summed E-state index contributed by atoms with van der Waals surface area (Å²) in [6.45, 7) is 6.67. The van der Waals surface area contributed by atoms with Crippen molar-refractivity contribution in [3.63, 3.8) is 0 Å². The van der Waals surface area contributed by atoms with Crippen molar-refractivity contribution in [2.75, 3.05) is 29.5 Å². The molecular formula is C31H35N3O3. The Bertz CT molecular complexity index is 1220. The van der Waals surface area contributed by atoms with Crippen molar-refractivity contribution in [1.82, 2.24) is 4.90 Å². The lowest BCUT2D eigenvalue weighted by Crippen LogP contribution is -2.55. The zero-order valence-corrected chi connectivity index (χ0v) is 21.6. The maximum atomic E-state index is 14.0. The molecule has 6 heteroatoms. The maximum Gasteiger partial charge on any atom is 0.257 e. The molecule has 0 saturated carbocycles. The lowest BCUT2D eigenvalue weighted by atomic mass is 9.89. The van der Waals surface area contributed by atoms with E-state index in [2.05, 4.69) is 30.0 Å². The minimum Gasteiger partial charge on any atom is -0.366 e. The van der Waals surface area contributed by atoms with Crippen LogP contribution in [0.1, 0.15) is 43.9 Å². The van der Waals surface area contributed by atoms with Crippen molar-refractivity contribution in [1.29, 1.82) is 0 Å². The molecule has 3 aromatic rings. The monoisotopic (exact) mass is 497 g/mol. The van der Waals surface area contributed by atoms with E-state index < -0.39 is 6.10 Å². The molecule has 0 N–H and O–H groups in total. The van der Waals surface area contributed by atoms with Gasteiger partial charge in [-0.25, -0.2) is 0 Å². The topological polar surface area (TPSA) is 53.1 Å². The van der Waals surface area contributed by atoms with Crippen molar-refractivity contribution in [3.05, 3.63) is 96.1 Å². The molecule has 2 amide bonds. The molecule has 3 unspecified atom stereocenters. The highest BCUT2D eigenvalue weighted by Crippen LogP contribution is 2.42. The summed E-state index contributed by atoms with van der Waals surface area (Å²) in [5.74, 6) is 0.0642. The summed E-state index contributed by atoms with van der Waals surface area (Å²) in [6.07, 6.45) is 0.550. The number of hydrogen-bond acceptors (Lipinski definition) is 4. The molecule has 6 nitrogen and oxygen atoms in total. The van der Waals surface area contributed by atoms with Crippen LogP contribution in [0, 0.1) is 0 Å². The van der Waals surface area contributed by atoms with Gasteiger partial charge >= 0.3 is 0 Å². The van der Waals surface area contributed by atoms with Gasteiger partial charge in [0.1, 0.15) is 6.10 Å². The highest BCUT2D eigenvalue weighted by atomic mass is 16.5. The molecule has 2 aliphatic rings. The van der Waals surface area contributed by atoms with Crippen LogP contribution in [0.2, 0.25) is 0 Å². The number of amides is 2. The molecule has 3 aromatic carbocycles. The summed E-state index contributed by atoms with van der Waals surface area (Å²) in [7, 11) is 0. The summed E-state index contributed by atoms with van der Waals surface area (Å²) in [6, 6.07) is 28.0. The molecular weight excluding hydrogens is 462 g/mol. The van der Waals surface area contributed by atoms with Crippen LogP contribution in [0.5, 0.6) is 0 Å². The quantitative estimate of drug-likeness (QED) is 0.470. The zero-order valence-electron chi connectivity index (χ0n) is 21.6. The highest BCUT2D eigenvalue weighted by molar-refractivity contribution is 6.00. The molecule has 2 heterocycles. The summed E-state index contributed by atoms with van der Waals surface area (Å²) in [5, 5.41) is 0. The van der Waals surface area contributed by atoms with Crippen molar-refractivity contribution in [2.45, 2.75) is 51.4 Å². The number of rotatable bonds is 6. The van der Waals surface area contributed by atoms with E-state index in [0.29, 0.717) is 26.0 Å². The van der Waals surface area contributed by atoms with Gasteiger partial charge in [0.2, 0.25) is 5.91 Å². The number of ether oxygens (including phenoxy) is 1. The first kappa shape index (κ1) is 25.2. The van der Waals surface area contributed by atoms with Gasteiger partial charge in [-0.05, 0) is 42.7 Å². The van der Waals surface area contributed by atoms with Crippen LogP contribution in [0.4, 0.5) is 11.4 Å². The summed E-state index contributed by atoms with van der Waals surface area (Å²) in [5.41, 5.74) is 3.98. The molecule has 0 bridgehead atoms. The number of carbonyl (C=O) groups excluding carboxylic acids is 2. The lowest BCUT2D eigenvalue weighted by Gasteiger charge is -2.45. The number of carbonyl (C=O) groups is 2. The van der Waals surface area contributed by atoms with Gasteiger partial charge in [-0.3, -0.25) is 14.5 Å². The minimum absolute atomic E-state index is 0.00996. The van der Waals surface area contributed by atoms with Crippen LogP contribution < -0.4 is 9.80 Å². The van der Waals surface area contributed by atoms with E-state index in [1.807, 2.05) is 83.5 Å². The summed E-state index contributed by atoms with van der Waals surface area (Å²) >= 11 is 0. The second kappa shape index (κ2) is 11.3. The fourth-order valence-electron chi connectivity index (χ4n) is 5.61. The fourth-order valence-corrected chi connectivity index (χ4v) is 5.61.